The van der Waals surface area contributed by atoms with Crippen LogP contribution in [-0.2, 0) is 16.9 Å². The van der Waals surface area contributed by atoms with E-state index in [0.29, 0.717) is 38.1 Å². The molecule has 3 heterocycles. The van der Waals surface area contributed by atoms with E-state index < -0.39 is 42.1 Å². The summed E-state index contributed by atoms with van der Waals surface area (Å²) in [7, 11) is 0. The molecule has 1 unspecified atom stereocenters. The van der Waals surface area contributed by atoms with Gasteiger partial charge in [0.25, 0.3) is 11.5 Å². The van der Waals surface area contributed by atoms with Crippen LogP contribution in [0.3, 0.4) is 0 Å². The van der Waals surface area contributed by atoms with Gasteiger partial charge < -0.3 is 20.7 Å². The van der Waals surface area contributed by atoms with Gasteiger partial charge in [-0.15, -0.1) is 0 Å². The molecule has 7 nitrogen and oxygen atoms in total. The smallest absolute Gasteiger partial charge is 0.365 e. The lowest BCUT2D eigenvalue weighted by molar-refractivity contribution is -0.390. The first-order chi connectivity index (χ1) is 18.5. The summed E-state index contributed by atoms with van der Waals surface area (Å²) < 4.78 is 89.0. The minimum Gasteiger partial charge on any atom is -0.365 e. The molecule has 4 rings (SSSR count). The number of rotatable bonds is 9. The van der Waals surface area contributed by atoms with Crippen molar-refractivity contribution in [3.05, 3.63) is 83.8 Å². The SMILES string of the molecule is O=C(Nc1ccc(C(OCC2CCCN2)(C(F)(F)F)C(F)(F)F)cc1)c1cccnc1NCc1ccncc1. The van der Waals surface area contributed by atoms with Crippen LogP contribution in [0.2, 0.25) is 0 Å². The van der Waals surface area contributed by atoms with Crippen molar-refractivity contribution in [3.63, 3.8) is 0 Å². The number of alkyl halides is 6. The molecule has 1 amide bonds. The molecule has 1 fully saturated rings. The zero-order chi connectivity index (χ0) is 28.1. The quantitative estimate of drug-likeness (QED) is 0.307. The van der Waals surface area contributed by atoms with Crippen molar-refractivity contribution in [2.24, 2.45) is 0 Å². The maximum Gasteiger partial charge on any atom is 0.430 e. The summed E-state index contributed by atoms with van der Waals surface area (Å²) in [6.07, 6.45) is -5.87. The molecule has 0 aliphatic carbocycles. The lowest BCUT2D eigenvalue weighted by Crippen LogP contribution is -2.57. The standard InChI is InChI=1S/C26H25F6N5O2/c27-25(28,29)24(26(30,31)32,39-16-20-3-1-11-34-20)18-5-7-19(8-6-18)37-23(38)21-4-2-12-35-22(21)36-15-17-9-13-33-14-10-17/h2,4-10,12-14,20,34H,1,3,11,15-16H2,(H,35,36)(H,37,38). The highest BCUT2D eigenvalue weighted by atomic mass is 19.4. The van der Waals surface area contributed by atoms with Crippen molar-refractivity contribution < 1.29 is 35.9 Å². The van der Waals surface area contributed by atoms with Crippen LogP contribution in [0.25, 0.3) is 0 Å². The van der Waals surface area contributed by atoms with Gasteiger partial charge in [0.05, 0.1) is 12.2 Å². The molecule has 3 aromatic rings. The molecule has 0 saturated carbocycles. The molecule has 1 aromatic carbocycles. The zero-order valence-electron chi connectivity index (χ0n) is 20.4. The number of aromatic nitrogens is 2. The van der Waals surface area contributed by atoms with Gasteiger partial charge in [-0.25, -0.2) is 4.98 Å². The summed E-state index contributed by atoms with van der Waals surface area (Å²) in [5.74, 6) is -0.417. The Labute approximate surface area is 220 Å². The second-order valence-corrected chi connectivity index (χ2v) is 8.92. The van der Waals surface area contributed by atoms with E-state index in [9.17, 15) is 31.1 Å². The van der Waals surface area contributed by atoms with Gasteiger partial charge in [0.2, 0.25) is 0 Å². The molecule has 0 radical (unpaired) electrons. The van der Waals surface area contributed by atoms with E-state index in [1.54, 1.807) is 24.5 Å². The van der Waals surface area contributed by atoms with Gasteiger partial charge in [0.1, 0.15) is 5.82 Å². The largest absolute Gasteiger partial charge is 0.430 e. The van der Waals surface area contributed by atoms with E-state index >= 15 is 0 Å². The molecule has 3 N–H and O–H groups in total. The first kappa shape index (κ1) is 28.3. The maximum atomic E-state index is 14.1. The average Bonchev–Trinajstić information content (AvgIpc) is 3.42. The molecule has 1 aliphatic heterocycles. The van der Waals surface area contributed by atoms with E-state index in [0.717, 1.165) is 17.7 Å². The van der Waals surface area contributed by atoms with Crippen molar-refractivity contribution in [2.75, 3.05) is 23.8 Å². The second kappa shape index (κ2) is 11.6. The van der Waals surface area contributed by atoms with Gasteiger partial charge >= 0.3 is 12.4 Å². The molecule has 2 aromatic heterocycles. The van der Waals surface area contributed by atoms with Crippen LogP contribution in [0.5, 0.6) is 0 Å². The van der Waals surface area contributed by atoms with Crippen molar-refractivity contribution in [2.45, 2.75) is 43.4 Å². The first-order valence-electron chi connectivity index (χ1n) is 12.0. The Kier molecular flexibility index (Phi) is 8.40. The third kappa shape index (κ3) is 6.31. The lowest BCUT2D eigenvalue weighted by atomic mass is 9.91. The highest BCUT2D eigenvalue weighted by Gasteiger charge is 2.73. The molecule has 39 heavy (non-hydrogen) atoms. The number of pyridine rings is 2. The Bertz CT molecular complexity index is 1230. The number of carbonyl (C=O) groups excluding carboxylic acids is 1. The number of amides is 1. The molecule has 1 saturated heterocycles. The second-order valence-electron chi connectivity index (χ2n) is 8.92. The van der Waals surface area contributed by atoms with Gasteiger partial charge in [-0.3, -0.25) is 9.78 Å². The fraction of sp³-hybridized carbons (Fsp3) is 0.346. The maximum absolute atomic E-state index is 14.1. The van der Waals surface area contributed by atoms with E-state index in [1.807, 2.05) is 0 Å². The molecule has 13 heteroatoms. The first-order valence-corrected chi connectivity index (χ1v) is 12.0. The Morgan fingerprint density at radius 2 is 1.67 bits per heavy atom. The third-order valence-electron chi connectivity index (χ3n) is 6.27. The number of halogens is 6. The zero-order valence-corrected chi connectivity index (χ0v) is 20.4. The van der Waals surface area contributed by atoms with Crippen molar-refractivity contribution in [3.8, 4) is 0 Å². The van der Waals surface area contributed by atoms with Gasteiger partial charge in [-0.1, -0.05) is 12.1 Å². The molecule has 1 atom stereocenters. The van der Waals surface area contributed by atoms with Gasteiger partial charge in [0.15, 0.2) is 0 Å². The van der Waals surface area contributed by atoms with E-state index in [4.69, 9.17) is 0 Å². The molecule has 208 valence electrons. The summed E-state index contributed by atoms with van der Waals surface area (Å²) >= 11 is 0. The Morgan fingerprint density at radius 1 is 0.974 bits per heavy atom. The lowest BCUT2D eigenvalue weighted by Gasteiger charge is -2.38. The fourth-order valence-corrected chi connectivity index (χ4v) is 4.26. The van der Waals surface area contributed by atoms with Crippen LogP contribution in [0.4, 0.5) is 37.8 Å². The topological polar surface area (TPSA) is 88.2 Å². The van der Waals surface area contributed by atoms with Crippen LogP contribution < -0.4 is 16.0 Å². The Hall–Kier alpha value is -3.71. The summed E-state index contributed by atoms with van der Waals surface area (Å²) in [6, 6.07) is 9.18. The number of carbonyl (C=O) groups is 1. The third-order valence-corrected chi connectivity index (χ3v) is 6.27. The minimum atomic E-state index is -5.79. The monoisotopic (exact) mass is 553 g/mol. The molecule has 1 aliphatic rings. The summed E-state index contributed by atoms with van der Waals surface area (Å²) in [5, 5.41) is 8.34. The minimum absolute atomic E-state index is 0.0107. The number of hydrogen-bond donors (Lipinski definition) is 3. The number of ether oxygens (including phenoxy) is 1. The Morgan fingerprint density at radius 3 is 2.28 bits per heavy atom. The van der Waals surface area contributed by atoms with Crippen molar-refractivity contribution >= 4 is 17.4 Å². The predicted octanol–water partition coefficient (Wildman–Crippen LogP) is 5.43. The number of nitrogens with one attached hydrogen (secondary N) is 3. The fourth-order valence-electron chi connectivity index (χ4n) is 4.26. The molecular formula is C26H25F6N5O2. The predicted molar refractivity (Wildman–Crippen MR) is 131 cm³/mol. The van der Waals surface area contributed by atoms with Crippen LogP contribution in [0.15, 0.2) is 67.1 Å². The normalized spacial score (nSPS) is 16.2. The number of nitrogens with zero attached hydrogens (tertiary/aromatic N) is 2. The summed E-state index contributed by atoms with van der Waals surface area (Å²) in [5.41, 5.74) is -4.67. The van der Waals surface area contributed by atoms with Gasteiger partial charge in [-0.2, -0.15) is 26.3 Å². The van der Waals surface area contributed by atoms with Crippen LogP contribution in [-0.4, -0.2) is 47.4 Å². The number of anilines is 2. The average molecular weight is 554 g/mol. The van der Waals surface area contributed by atoms with E-state index in [-0.39, 0.29) is 17.1 Å². The van der Waals surface area contributed by atoms with E-state index in [1.165, 1.54) is 18.3 Å². The Balaban J connectivity index is 1.53. The van der Waals surface area contributed by atoms with Gasteiger partial charge in [-0.05, 0) is 61.3 Å². The molecular weight excluding hydrogens is 528 g/mol. The van der Waals surface area contributed by atoms with Crippen LogP contribution in [0.1, 0.15) is 34.3 Å². The molecule has 0 spiro atoms. The number of benzene rings is 1. The van der Waals surface area contributed by atoms with Crippen molar-refractivity contribution in [1.29, 1.82) is 0 Å². The van der Waals surface area contributed by atoms with Crippen molar-refractivity contribution in [1.82, 2.24) is 15.3 Å². The summed E-state index contributed by atoms with van der Waals surface area (Å²) in [4.78, 5) is 21.0. The molecule has 0 bridgehead atoms. The highest BCUT2D eigenvalue weighted by molar-refractivity contribution is 6.07. The van der Waals surface area contributed by atoms with E-state index in [2.05, 4.69) is 30.7 Å². The highest BCUT2D eigenvalue weighted by Crippen LogP contribution is 2.53. The van der Waals surface area contributed by atoms with Crippen LogP contribution >= 0.6 is 0 Å². The van der Waals surface area contributed by atoms with Gasteiger partial charge in [0, 0.05) is 42.4 Å². The van der Waals surface area contributed by atoms with Crippen LogP contribution in [0, 0.1) is 0 Å². The summed E-state index contributed by atoms with van der Waals surface area (Å²) in [6.45, 7) is 0.0565. The number of hydrogen-bond acceptors (Lipinski definition) is 6.